The van der Waals surface area contributed by atoms with Crippen molar-refractivity contribution in [2.75, 3.05) is 5.88 Å². The van der Waals surface area contributed by atoms with Gasteiger partial charge in [0.2, 0.25) is 5.78 Å². The van der Waals surface area contributed by atoms with Crippen LogP contribution in [0.5, 0.6) is 0 Å². The number of nitrogens with zero attached hydrogens (tertiary/aromatic N) is 5. The maximum Gasteiger partial charge on any atom is 0.332 e. The van der Waals surface area contributed by atoms with Gasteiger partial charge in [0.1, 0.15) is 5.82 Å². The lowest BCUT2D eigenvalue weighted by Gasteiger charge is -2.09. The molecule has 9 heteroatoms. The zero-order valence-electron chi connectivity index (χ0n) is 15.7. The third-order valence-corrected chi connectivity index (χ3v) is 5.39. The fourth-order valence-corrected chi connectivity index (χ4v) is 3.77. The highest BCUT2D eigenvalue weighted by molar-refractivity contribution is 6.17. The van der Waals surface area contributed by atoms with Crippen molar-refractivity contribution in [1.82, 2.24) is 23.1 Å². The molecule has 0 saturated carbocycles. The second-order valence-corrected chi connectivity index (χ2v) is 7.13. The number of halogens is 2. The third kappa shape index (κ3) is 2.51. The van der Waals surface area contributed by atoms with Crippen LogP contribution >= 0.6 is 11.6 Å². The van der Waals surface area contributed by atoms with E-state index in [4.69, 9.17) is 11.6 Å². The molecule has 0 N–H and O–H groups in total. The number of aryl methyl sites for hydroxylation is 3. The number of hydrogen-bond donors (Lipinski definition) is 0. The molecule has 0 radical (unpaired) electrons. The molecule has 0 unspecified atom stereocenters. The summed E-state index contributed by atoms with van der Waals surface area (Å²) in [6.07, 6.45) is 0. The van der Waals surface area contributed by atoms with E-state index in [0.29, 0.717) is 29.4 Å². The molecule has 0 aliphatic carbocycles. The van der Waals surface area contributed by atoms with E-state index in [-0.39, 0.29) is 12.1 Å². The van der Waals surface area contributed by atoms with Crippen LogP contribution in [-0.4, -0.2) is 29.0 Å². The Morgan fingerprint density at radius 2 is 1.82 bits per heavy atom. The number of aromatic nitrogens is 5. The molecular formula is C19H19ClFN5O2. The molecule has 4 aromatic rings. The first-order chi connectivity index (χ1) is 13.4. The first kappa shape index (κ1) is 18.5. The van der Waals surface area contributed by atoms with Crippen molar-refractivity contribution in [2.24, 2.45) is 7.05 Å². The molecule has 28 heavy (non-hydrogen) atoms. The Hall–Kier alpha value is -2.87. The zero-order valence-corrected chi connectivity index (χ0v) is 16.5. The Morgan fingerprint density at radius 3 is 2.50 bits per heavy atom. The van der Waals surface area contributed by atoms with Crippen molar-refractivity contribution in [2.45, 2.75) is 26.9 Å². The number of hydrogen-bond acceptors (Lipinski definition) is 3. The van der Waals surface area contributed by atoms with Crippen LogP contribution in [-0.2, 0) is 20.1 Å². The van der Waals surface area contributed by atoms with Gasteiger partial charge in [-0.1, -0.05) is 18.2 Å². The predicted molar refractivity (Wildman–Crippen MR) is 106 cm³/mol. The fraction of sp³-hybridized carbons (Fsp3) is 0.316. The molecule has 0 aliphatic rings. The Kier molecular flexibility index (Phi) is 4.38. The van der Waals surface area contributed by atoms with Gasteiger partial charge in [0.25, 0.3) is 5.56 Å². The Morgan fingerprint density at radius 1 is 1.11 bits per heavy atom. The van der Waals surface area contributed by atoms with Gasteiger partial charge in [-0.25, -0.2) is 9.18 Å². The molecule has 0 spiro atoms. The summed E-state index contributed by atoms with van der Waals surface area (Å²) in [5.41, 5.74) is 1.60. The summed E-state index contributed by atoms with van der Waals surface area (Å²) in [5.74, 6) is 0.487. The highest BCUT2D eigenvalue weighted by Gasteiger charge is 2.22. The standard InChI is InChI=1S/C19H19ClFN5O2/c1-11-12(2)26-15-16(22-18(26)24(11)9-8-20)23(3)19(28)25(17(15)27)10-13-6-4-5-7-14(13)21/h4-7H,8-10H2,1-3H3. The molecule has 1 aromatic carbocycles. The second-order valence-electron chi connectivity index (χ2n) is 6.76. The van der Waals surface area contributed by atoms with E-state index in [0.717, 1.165) is 16.0 Å². The van der Waals surface area contributed by atoms with Crippen LogP contribution in [0.2, 0.25) is 0 Å². The Balaban J connectivity index is 2.08. The summed E-state index contributed by atoms with van der Waals surface area (Å²) in [5, 5.41) is 0. The Labute approximate surface area is 164 Å². The quantitative estimate of drug-likeness (QED) is 0.491. The molecule has 0 saturated heterocycles. The van der Waals surface area contributed by atoms with E-state index in [9.17, 15) is 14.0 Å². The van der Waals surface area contributed by atoms with Crippen LogP contribution in [0.3, 0.4) is 0 Å². The molecule has 146 valence electrons. The molecule has 0 bridgehead atoms. The molecule has 0 atom stereocenters. The average molecular weight is 404 g/mol. The number of fused-ring (bicyclic) bond motifs is 3. The van der Waals surface area contributed by atoms with Gasteiger partial charge in [-0.2, -0.15) is 4.98 Å². The fourth-order valence-electron chi connectivity index (χ4n) is 3.60. The molecule has 4 rings (SSSR count). The van der Waals surface area contributed by atoms with Gasteiger partial charge < -0.3 is 4.57 Å². The van der Waals surface area contributed by atoms with Gasteiger partial charge in [0.05, 0.1) is 6.54 Å². The lowest BCUT2D eigenvalue weighted by molar-refractivity contribution is 0.582. The minimum absolute atomic E-state index is 0.151. The molecule has 3 heterocycles. The van der Waals surface area contributed by atoms with Crippen LogP contribution in [0.25, 0.3) is 16.9 Å². The minimum atomic E-state index is -0.542. The summed E-state index contributed by atoms with van der Waals surface area (Å²) >= 11 is 5.92. The maximum absolute atomic E-state index is 14.1. The molecule has 0 fully saturated rings. The highest BCUT2D eigenvalue weighted by atomic mass is 35.5. The number of rotatable bonds is 4. The first-order valence-corrected chi connectivity index (χ1v) is 9.37. The summed E-state index contributed by atoms with van der Waals surface area (Å²) in [6, 6.07) is 6.10. The van der Waals surface area contributed by atoms with Crippen molar-refractivity contribution in [3.05, 3.63) is 67.9 Å². The molecule has 0 amide bonds. The second kappa shape index (κ2) is 6.63. The number of imidazole rings is 2. The summed E-state index contributed by atoms with van der Waals surface area (Å²) < 4.78 is 20.1. The van der Waals surface area contributed by atoms with E-state index >= 15 is 0 Å². The van der Waals surface area contributed by atoms with Gasteiger partial charge >= 0.3 is 5.69 Å². The van der Waals surface area contributed by atoms with Crippen LogP contribution in [0.4, 0.5) is 4.39 Å². The number of alkyl halides is 1. The lowest BCUT2D eigenvalue weighted by atomic mass is 10.2. The monoisotopic (exact) mass is 403 g/mol. The van der Waals surface area contributed by atoms with Crippen LogP contribution < -0.4 is 11.2 Å². The van der Waals surface area contributed by atoms with E-state index in [1.165, 1.54) is 10.6 Å². The SMILES string of the molecule is Cc1c(C)n2c3c(=O)n(Cc4ccccc4F)c(=O)n(C)c3nc2n1CCCl. The molecule has 0 aliphatic heterocycles. The highest BCUT2D eigenvalue weighted by Crippen LogP contribution is 2.20. The van der Waals surface area contributed by atoms with Crippen molar-refractivity contribution in [1.29, 1.82) is 0 Å². The van der Waals surface area contributed by atoms with Gasteiger partial charge in [-0.3, -0.25) is 18.3 Å². The first-order valence-electron chi connectivity index (χ1n) is 8.83. The largest absolute Gasteiger partial charge is 0.332 e. The van der Waals surface area contributed by atoms with E-state index in [1.807, 2.05) is 18.4 Å². The minimum Gasteiger partial charge on any atom is -0.313 e. The molecule has 7 nitrogen and oxygen atoms in total. The van der Waals surface area contributed by atoms with E-state index in [1.54, 1.807) is 29.6 Å². The summed E-state index contributed by atoms with van der Waals surface area (Å²) in [6.45, 7) is 4.20. The van der Waals surface area contributed by atoms with Crippen molar-refractivity contribution < 1.29 is 4.39 Å². The van der Waals surface area contributed by atoms with Crippen molar-refractivity contribution >= 4 is 28.5 Å². The molecule has 3 aromatic heterocycles. The third-order valence-electron chi connectivity index (χ3n) is 5.22. The zero-order chi connectivity index (χ0) is 20.2. The maximum atomic E-state index is 14.1. The smallest absolute Gasteiger partial charge is 0.313 e. The lowest BCUT2D eigenvalue weighted by Crippen LogP contribution is -2.39. The van der Waals surface area contributed by atoms with Crippen LogP contribution in [0.1, 0.15) is 17.0 Å². The van der Waals surface area contributed by atoms with Gasteiger partial charge in [-0.05, 0) is 19.9 Å². The van der Waals surface area contributed by atoms with Crippen molar-refractivity contribution in [3.63, 3.8) is 0 Å². The van der Waals surface area contributed by atoms with Crippen LogP contribution in [0, 0.1) is 19.7 Å². The summed E-state index contributed by atoms with van der Waals surface area (Å²) in [7, 11) is 1.56. The van der Waals surface area contributed by atoms with Gasteiger partial charge in [0.15, 0.2) is 11.2 Å². The summed E-state index contributed by atoms with van der Waals surface area (Å²) in [4.78, 5) is 30.6. The van der Waals surface area contributed by atoms with Gasteiger partial charge in [0, 0.05) is 36.4 Å². The van der Waals surface area contributed by atoms with Crippen LogP contribution in [0.15, 0.2) is 33.9 Å². The number of benzene rings is 1. The van der Waals surface area contributed by atoms with Crippen molar-refractivity contribution in [3.8, 4) is 0 Å². The predicted octanol–water partition coefficient (Wildman–Crippen LogP) is 2.19. The average Bonchev–Trinajstić information content (AvgIpc) is 3.17. The molecular weight excluding hydrogens is 385 g/mol. The normalized spacial score (nSPS) is 11.8. The van der Waals surface area contributed by atoms with E-state index < -0.39 is 17.1 Å². The van der Waals surface area contributed by atoms with E-state index in [2.05, 4.69) is 4.98 Å². The Bertz CT molecular complexity index is 1340. The van der Waals surface area contributed by atoms with Gasteiger partial charge in [-0.15, -0.1) is 11.6 Å². The topological polar surface area (TPSA) is 66.2 Å².